The van der Waals surface area contributed by atoms with Crippen molar-refractivity contribution >= 4 is 27.5 Å². The van der Waals surface area contributed by atoms with Gasteiger partial charge >= 0.3 is 0 Å². The largest absolute Gasteiger partial charge is 0.389 e. The summed E-state index contributed by atoms with van der Waals surface area (Å²) in [7, 11) is 0. The number of halogens is 1. The van der Waals surface area contributed by atoms with Gasteiger partial charge in [0.05, 0.1) is 6.10 Å². The van der Waals surface area contributed by atoms with Crippen LogP contribution in [0.1, 0.15) is 31.4 Å². The molecule has 0 bridgehead atoms. The molecular formula is C13H17BrN2O2. The van der Waals surface area contributed by atoms with Crippen molar-refractivity contribution in [3.05, 3.63) is 28.2 Å². The molecule has 1 aromatic carbocycles. The van der Waals surface area contributed by atoms with Crippen LogP contribution in [0.25, 0.3) is 0 Å². The quantitative estimate of drug-likeness (QED) is 0.896. The maximum Gasteiger partial charge on any atom is 0.240 e. The number of rotatable bonds is 3. The highest BCUT2D eigenvalue weighted by Gasteiger charge is 2.30. The summed E-state index contributed by atoms with van der Waals surface area (Å²) in [5.74, 6) is -0.299. The number of amides is 1. The minimum absolute atomic E-state index is 0.260. The first-order valence-electron chi connectivity index (χ1n) is 6.04. The predicted molar refractivity (Wildman–Crippen MR) is 74.3 cm³/mol. The molecule has 2 atom stereocenters. The minimum atomic E-state index is -0.577. The molecule has 4 nitrogen and oxygen atoms in total. The number of aliphatic hydroxyl groups excluding tert-OH is 1. The molecule has 1 aliphatic rings. The van der Waals surface area contributed by atoms with Gasteiger partial charge in [-0.2, -0.15) is 0 Å². The van der Waals surface area contributed by atoms with Gasteiger partial charge in [0.25, 0.3) is 0 Å². The first-order chi connectivity index (χ1) is 8.50. The molecule has 1 aliphatic heterocycles. The Hall–Kier alpha value is -1.07. The lowest BCUT2D eigenvalue weighted by atomic mass is 10.1. The summed E-state index contributed by atoms with van der Waals surface area (Å²) in [6.07, 6.45) is 1.15. The van der Waals surface area contributed by atoms with Gasteiger partial charge in [-0.3, -0.25) is 4.79 Å². The van der Waals surface area contributed by atoms with Gasteiger partial charge < -0.3 is 15.7 Å². The Morgan fingerprint density at radius 2 is 2.33 bits per heavy atom. The summed E-state index contributed by atoms with van der Waals surface area (Å²) in [4.78, 5) is 13.4. The average molecular weight is 313 g/mol. The van der Waals surface area contributed by atoms with Crippen molar-refractivity contribution in [1.82, 2.24) is 0 Å². The van der Waals surface area contributed by atoms with E-state index in [1.165, 1.54) is 0 Å². The fraction of sp³-hybridized carbons (Fsp3) is 0.462. The zero-order valence-corrected chi connectivity index (χ0v) is 11.9. The topological polar surface area (TPSA) is 66.6 Å². The Labute approximate surface area is 115 Å². The van der Waals surface area contributed by atoms with Crippen LogP contribution >= 0.6 is 15.9 Å². The average Bonchev–Trinajstić information content (AvgIpc) is 2.77. The van der Waals surface area contributed by atoms with E-state index in [4.69, 9.17) is 5.73 Å². The van der Waals surface area contributed by atoms with Crippen molar-refractivity contribution in [1.29, 1.82) is 0 Å². The lowest BCUT2D eigenvalue weighted by molar-refractivity contribution is -0.119. The Kier molecular flexibility index (Phi) is 3.92. The smallest absolute Gasteiger partial charge is 0.240 e. The molecule has 1 saturated heterocycles. The van der Waals surface area contributed by atoms with Gasteiger partial charge in [0, 0.05) is 22.3 Å². The Morgan fingerprint density at radius 1 is 1.61 bits per heavy atom. The molecule has 1 aromatic rings. The van der Waals surface area contributed by atoms with Crippen LogP contribution in [0.15, 0.2) is 22.7 Å². The third-order valence-corrected chi connectivity index (χ3v) is 3.82. The molecule has 3 N–H and O–H groups in total. The fourth-order valence-corrected chi connectivity index (χ4v) is 2.85. The Balaban J connectivity index is 2.41. The second kappa shape index (κ2) is 5.28. The minimum Gasteiger partial charge on any atom is -0.389 e. The molecular weight excluding hydrogens is 296 g/mol. The summed E-state index contributed by atoms with van der Waals surface area (Å²) >= 11 is 3.40. The Morgan fingerprint density at radius 3 is 2.94 bits per heavy atom. The van der Waals surface area contributed by atoms with Crippen LogP contribution in [-0.4, -0.2) is 23.6 Å². The third kappa shape index (κ3) is 2.52. The predicted octanol–water partition coefficient (Wildman–Crippen LogP) is 1.96. The lowest BCUT2D eigenvalue weighted by Gasteiger charge is -2.27. The summed E-state index contributed by atoms with van der Waals surface area (Å²) in [6.45, 7) is 2.52. The summed E-state index contributed by atoms with van der Waals surface area (Å²) in [5.41, 5.74) is 7.14. The van der Waals surface area contributed by atoms with E-state index in [2.05, 4.69) is 15.9 Å². The molecule has 0 radical (unpaired) electrons. The molecule has 0 aromatic heterocycles. The number of carbonyl (C=O) groups excluding carboxylic acids is 1. The third-order valence-electron chi connectivity index (χ3n) is 3.33. The molecule has 0 aliphatic carbocycles. The van der Waals surface area contributed by atoms with Crippen molar-refractivity contribution in [3.63, 3.8) is 0 Å². The van der Waals surface area contributed by atoms with Gasteiger partial charge in [-0.1, -0.05) is 15.9 Å². The maximum absolute atomic E-state index is 11.4. The Bertz CT molecular complexity index is 462. The zero-order valence-electron chi connectivity index (χ0n) is 10.3. The number of nitrogens with two attached hydrogens (primary N) is 1. The van der Waals surface area contributed by atoms with Gasteiger partial charge in [-0.15, -0.1) is 0 Å². The van der Waals surface area contributed by atoms with E-state index < -0.39 is 6.10 Å². The van der Waals surface area contributed by atoms with Crippen LogP contribution in [0.4, 0.5) is 5.69 Å². The number of aliphatic hydroxyl groups is 1. The van der Waals surface area contributed by atoms with Gasteiger partial charge in [0.2, 0.25) is 5.91 Å². The van der Waals surface area contributed by atoms with Crippen LogP contribution in [0.3, 0.4) is 0 Å². The van der Waals surface area contributed by atoms with Gasteiger partial charge in [0.1, 0.15) is 6.04 Å². The van der Waals surface area contributed by atoms with Crippen molar-refractivity contribution in [2.75, 3.05) is 11.4 Å². The van der Waals surface area contributed by atoms with Crippen molar-refractivity contribution in [3.8, 4) is 0 Å². The second-order valence-corrected chi connectivity index (χ2v) is 5.55. The van der Waals surface area contributed by atoms with E-state index in [9.17, 15) is 9.90 Å². The van der Waals surface area contributed by atoms with Gasteiger partial charge in [-0.25, -0.2) is 0 Å². The second-order valence-electron chi connectivity index (χ2n) is 4.63. The van der Waals surface area contributed by atoms with E-state index in [1.807, 2.05) is 23.1 Å². The van der Waals surface area contributed by atoms with E-state index in [0.29, 0.717) is 0 Å². The van der Waals surface area contributed by atoms with Gasteiger partial charge in [0.15, 0.2) is 0 Å². The number of nitrogens with zero attached hydrogens (tertiary/aromatic N) is 1. The summed E-state index contributed by atoms with van der Waals surface area (Å²) < 4.78 is 0.914. The van der Waals surface area contributed by atoms with E-state index in [0.717, 1.165) is 35.1 Å². The number of hydrogen-bond acceptors (Lipinski definition) is 3. The highest BCUT2D eigenvalue weighted by atomic mass is 79.9. The van der Waals surface area contributed by atoms with Crippen LogP contribution in [0.2, 0.25) is 0 Å². The van der Waals surface area contributed by atoms with Crippen LogP contribution in [0.5, 0.6) is 0 Å². The first kappa shape index (κ1) is 13.4. The van der Waals surface area contributed by atoms with E-state index in [1.54, 1.807) is 6.92 Å². The van der Waals surface area contributed by atoms with E-state index in [-0.39, 0.29) is 11.9 Å². The molecule has 0 saturated carbocycles. The maximum atomic E-state index is 11.4. The molecule has 5 heteroatoms. The number of benzene rings is 1. The number of carbonyl (C=O) groups is 1. The summed E-state index contributed by atoms with van der Waals surface area (Å²) in [5, 5.41) is 9.85. The highest BCUT2D eigenvalue weighted by Crippen LogP contribution is 2.33. The highest BCUT2D eigenvalue weighted by molar-refractivity contribution is 9.10. The van der Waals surface area contributed by atoms with Crippen molar-refractivity contribution < 1.29 is 9.90 Å². The molecule has 2 rings (SSSR count). The van der Waals surface area contributed by atoms with E-state index >= 15 is 0 Å². The standard InChI is InChI=1S/C13H17BrN2O2/c1-8(17)10-7-9(14)4-5-11(10)16-6-2-3-12(16)13(15)18/h4-5,7-8,12,17H,2-3,6H2,1H3,(H2,15,18). The van der Waals surface area contributed by atoms with Crippen molar-refractivity contribution in [2.45, 2.75) is 31.9 Å². The normalized spacial score (nSPS) is 21.1. The van der Waals surface area contributed by atoms with Crippen LogP contribution in [0, 0.1) is 0 Å². The van der Waals surface area contributed by atoms with Crippen LogP contribution in [-0.2, 0) is 4.79 Å². The SMILES string of the molecule is CC(O)c1cc(Br)ccc1N1CCCC1C(N)=O. The molecule has 2 unspecified atom stereocenters. The van der Waals surface area contributed by atoms with Crippen LogP contribution < -0.4 is 10.6 Å². The molecule has 0 spiro atoms. The van der Waals surface area contributed by atoms with Gasteiger partial charge in [-0.05, 0) is 38.0 Å². The van der Waals surface area contributed by atoms with Crippen molar-refractivity contribution in [2.24, 2.45) is 5.73 Å². The molecule has 98 valence electrons. The summed E-state index contributed by atoms with van der Waals surface area (Å²) in [6, 6.07) is 5.46. The number of primary amides is 1. The molecule has 1 amide bonds. The number of hydrogen-bond donors (Lipinski definition) is 2. The first-order valence-corrected chi connectivity index (χ1v) is 6.83. The number of anilines is 1. The monoisotopic (exact) mass is 312 g/mol. The molecule has 18 heavy (non-hydrogen) atoms. The molecule has 1 fully saturated rings. The zero-order chi connectivity index (χ0) is 13.3. The molecule has 1 heterocycles. The fourth-order valence-electron chi connectivity index (χ4n) is 2.47. The lowest BCUT2D eigenvalue weighted by Crippen LogP contribution is -2.40.